The van der Waals surface area contributed by atoms with Crippen LogP contribution in [0.5, 0.6) is 0 Å². The summed E-state index contributed by atoms with van der Waals surface area (Å²) in [7, 11) is 0. The van der Waals surface area contributed by atoms with Crippen molar-refractivity contribution in [2.24, 2.45) is 5.41 Å². The zero-order valence-electron chi connectivity index (χ0n) is 10.4. The standard InChI is InChI=1S/C13H19NO2S/c1-3-10-9(2)6-11(17-10)12(16)14-7-13(8-15)4-5-13/h6,15H,3-5,7-8H2,1-2H3,(H,14,16). The number of amides is 1. The zero-order chi connectivity index (χ0) is 12.5. The molecule has 0 aliphatic heterocycles. The minimum absolute atomic E-state index is 0.00229. The van der Waals surface area contributed by atoms with Gasteiger partial charge in [-0.3, -0.25) is 4.79 Å². The highest BCUT2D eigenvalue weighted by Crippen LogP contribution is 2.44. The average molecular weight is 253 g/mol. The van der Waals surface area contributed by atoms with Crippen LogP contribution in [-0.2, 0) is 6.42 Å². The number of aliphatic hydroxyl groups excluding tert-OH is 1. The molecule has 1 heterocycles. The van der Waals surface area contributed by atoms with Crippen molar-refractivity contribution in [3.63, 3.8) is 0 Å². The van der Waals surface area contributed by atoms with E-state index in [0.717, 1.165) is 24.1 Å². The molecule has 1 aliphatic carbocycles. The van der Waals surface area contributed by atoms with E-state index < -0.39 is 0 Å². The van der Waals surface area contributed by atoms with Gasteiger partial charge in [0.1, 0.15) is 0 Å². The summed E-state index contributed by atoms with van der Waals surface area (Å²) in [5, 5.41) is 12.1. The molecule has 0 aromatic carbocycles. The second kappa shape index (κ2) is 4.78. The molecule has 0 bridgehead atoms. The summed E-state index contributed by atoms with van der Waals surface area (Å²) in [6.45, 7) is 4.92. The first-order valence-corrected chi connectivity index (χ1v) is 6.90. The molecule has 0 radical (unpaired) electrons. The monoisotopic (exact) mass is 253 g/mol. The van der Waals surface area contributed by atoms with Crippen molar-refractivity contribution in [3.8, 4) is 0 Å². The topological polar surface area (TPSA) is 49.3 Å². The number of carbonyl (C=O) groups excluding carboxylic acids is 1. The fourth-order valence-corrected chi connectivity index (χ4v) is 2.94. The van der Waals surface area contributed by atoms with E-state index in [1.807, 2.05) is 13.0 Å². The molecular formula is C13H19NO2S. The molecule has 4 heteroatoms. The molecule has 1 aromatic heterocycles. The van der Waals surface area contributed by atoms with Crippen molar-refractivity contribution in [1.82, 2.24) is 5.32 Å². The van der Waals surface area contributed by atoms with Crippen LogP contribution in [-0.4, -0.2) is 24.2 Å². The summed E-state index contributed by atoms with van der Waals surface area (Å²) in [5.41, 5.74) is 1.18. The Bertz CT molecular complexity index is 421. The Morgan fingerprint density at radius 3 is 2.76 bits per heavy atom. The molecule has 94 valence electrons. The van der Waals surface area contributed by atoms with Gasteiger partial charge < -0.3 is 10.4 Å². The Labute approximate surface area is 106 Å². The Morgan fingerprint density at radius 2 is 2.29 bits per heavy atom. The van der Waals surface area contributed by atoms with Gasteiger partial charge in [0.05, 0.1) is 11.5 Å². The number of hydrogen-bond acceptors (Lipinski definition) is 3. The first kappa shape index (κ1) is 12.6. The second-order valence-electron chi connectivity index (χ2n) is 4.91. The highest BCUT2D eigenvalue weighted by atomic mass is 32.1. The van der Waals surface area contributed by atoms with Gasteiger partial charge in [0.15, 0.2) is 0 Å². The van der Waals surface area contributed by atoms with Crippen LogP contribution in [0.3, 0.4) is 0 Å². The Balaban J connectivity index is 1.95. The van der Waals surface area contributed by atoms with Gasteiger partial charge in [0.2, 0.25) is 0 Å². The highest BCUT2D eigenvalue weighted by Gasteiger charge is 2.42. The molecule has 1 saturated carbocycles. The van der Waals surface area contributed by atoms with Gasteiger partial charge in [-0.05, 0) is 37.8 Å². The third-order valence-corrected chi connectivity index (χ3v) is 4.86. The normalized spacial score (nSPS) is 16.9. The largest absolute Gasteiger partial charge is 0.396 e. The van der Waals surface area contributed by atoms with Gasteiger partial charge in [0, 0.05) is 16.8 Å². The maximum Gasteiger partial charge on any atom is 0.261 e. The molecule has 2 rings (SSSR count). The SMILES string of the molecule is CCc1sc(C(=O)NCC2(CO)CC2)cc1C. The Kier molecular flexibility index (Phi) is 3.54. The number of aryl methyl sites for hydroxylation is 2. The lowest BCUT2D eigenvalue weighted by atomic mass is 10.1. The predicted molar refractivity (Wildman–Crippen MR) is 69.5 cm³/mol. The van der Waals surface area contributed by atoms with Gasteiger partial charge >= 0.3 is 0 Å². The van der Waals surface area contributed by atoms with Gasteiger partial charge in [0.25, 0.3) is 5.91 Å². The predicted octanol–water partition coefficient (Wildman–Crippen LogP) is 2.12. The average Bonchev–Trinajstić information content (AvgIpc) is 3.03. The quantitative estimate of drug-likeness (QED) is 0.844. The summed E-state index contributed by atoms with van der Waals surface area (Å²) >= 11 is 1.57. The number of rotatable bonds is 5. The molecule has 2 N–H and O–H groups in total. The summed E-state index contributed by atoms with van der Waals surface area (Å²) in [5.74, 6) is -0.00229. The number of carbonyl (C=O) groups is 1. The van der Waals surface area contributed by atoms with Gasteiger partial charge in [-0.2, -0.15) is 0 Å². The molecule has 1 amide bonds. The molecule has 0 atom stereocenters. The molecule has 17 heavy (non-hydrogen) atoms. The maximum atomic E-state index is 11.9. The third-order valence-electron chi connectivity index (χ3n) is 3.48. The Morgan fingerprint density at radius 1 is 1.59 bits per heavy atom. The van der Waals surface area contributed by atoms with E-state index in [4.69, 9.17) is 0 Å². The van der Waals surface area contributed by atoms with Crippen molar-refractivity contribution in [2.45, 2.75) is 33.1 Å². The summed E-state index contributed by atoms with van der Waals surface area (Å²) in [6.07, 6.45) is 3.02. The van der Waals surface area contributed by atoms with E-state index in [9.17, 15) is 9.90 Å². The molecule has 1 aliphatic rings. The second-order valence-corrected chi connectivity index (χ2v) is 6.05. The van der Waals surface area contributed by atoms with Crippen molar-refractivity contribution in [2.75, 3.05) is 13.2 Å². The molecule has 1 aromatic rings. The van der Waals surface area contributed by atoms with E-state index in [1.54, 1.807) is 11.3 Å². The van der Waals surface area contributed by atoms with E-state index in [2.05, 4.69) is 12.2 Å². The van der Waals surface area contributed by atoms with E-state index in [-0.39, 0.29) is 17.9 Å². The molecule has 0 unspecified atom stereocenters. The molecule has 3 nitrogen and oxygen atoms in total. The van der Waals surface area contributed by atoms with Crippen molar-refractivity contribution < 1.29 is 9.90 Å². The van der Waals surface area contributed by atoms with Gasteiger partial charge in [-0.15, -0.1) is 11.3 Å². The Hall–Kier alpha value is -0.870. The lowest BCUT2D eigenvalue weighted by Gasteiger charge is -2.11. The van der Waals surface area contributed by atoms with Crippen LogP contribution in [0.2, 0.25) is 0 Å². The lowest BCUT2D eigenvalue weighted by Crippen LogP contribution is -2.31. The van der Waals surface area contributed by atoms with Crippen LogP contribution in [0.25, 0.3) is 0 Å². The molecular weight excluding hydrogens is 234 g/mol. The van der Waals surface area contributed by atoms with Crippen LogP contribution in [0.15, 0.2) is 6.07 Å². The van der Waals surface area contributed by atoms with Crippen molar-refractivity contribution in [1.29, 1.82) is 0 Å². The fourth-order valence-electron chi connectivity index (χ4n) is 1.91. The van der Waals surface area contributed by atoms with Gasteiger partial charge in [-0.1, -0.05) is 6.92 Å². The van der Waals surface area contributed by atoms with E-state index >= 15 is 0 Å². The number of nitrogens with one attached hydrogen (secondary N) is 1. The van der Waals surface area contributed by atoms with E-state index in [0.29, 0.717) is 6.54 Å². The van der Waals surface area contributed by atoms with Crippen LogP contribution < -0.4 is 5.32 Å². The van der Waals surface area contributed by atoms with Crippen LogP contribution in [0.4, 0.5) is 0 Å². The lowest BCUT2D eigenvalue weighted by molar-refractivity contribution is 0.0939. The minimum Gasteiger partial charge on any atom is -0.396 e. The fraction of sp³-hybridized carbons (Fsp3) is 0.615. The van der Waals surface area contributed by atoms with Crippen LogP contribution in [0, 0.1) is 12.3 Å². The molecule has 1 fully saturated rings. The summed E-state index contributed by atoms with van der Waals surface area (Å²) in [4.78, 5) is 14.0. The minimum atomic E-state index is -0.0183. The van der Waals surface area contributed by atoms with Crippen LogP contribution in [0.1, 0.15) is 39.9 Å². The third kappa shape index (κ3) is 2.69. The highest BCUT2D eigenvalue weighted by molar-refractivity contribution is 7.14. The van der Waals surface area contributed by atoms with Crippen LogP contribution >= 0.6 is 11.3 Å². The maximum absolute atomic E-state index is 11.9. The summed E-state index contributed by atoms with van der Waals surface area (Å²) in [6, 6.07) is 1.96. The van der Waals surface area contributed by atoms with Crippen molar-refractivity contribution >= 4 is 17.2 Å². The molecule has 0 spiro atoms. The van der Waals surface area contributed by atoms with Crippen molar-refractivity contribution in [3.05, 3.63) is 21.4 Å². The molecule has 0 saturated heterocycles. The first-order valence-electron chi connectivity index (χ1n) is 6.08. The summed E-state index contributed by atoms with van der Waals surface area (Å²) < 4.78 is 0. The smallest absolute Gasteiger partial charge is 0.261 e. The number of thiophene rings is 1. The zero-order valence-corrected chi connectivity index (χ0v) is 11.2. The number of aliphatic hydroxyl groups is 1. The number of hydrogen-bond donors (Lipinski definition) is 2. The van der Waals surface area contributed by atoms with E-state index in [1.165, 1.54) is 10.4 Å². The van der Waals surface area contributed by atoms with Gasteiger partial charge in [-0.25, -0.2) is 0 Å². The first-order chi connectivity index (χ1) is 8.10.